The zero-order chi connectivity index (χ0) is 28.8. The molecule has 0 aliphatic heterocycles. The van der Waals surface area contributed by atoms with Crippen LogP contribution in [0.1, 0.15) is 86.5 Å². The van der Waals surface area contributed by atoms with Crippen molar-refractivity contribution in [1.82, 2.24) is 10.6 Å². The fraction of sp³-hybridized carbons (Fsp3) is 0.344. The molecule has 3 aromatic carbocycles. The predicted molar refractivity (Wildman–Crippen MR) is 157 cm³/mol. The first-order valence-electron chi connectivity index (χ1n) is 13.4. The highest BCUT2D eigenvalue weighted by molar-refractivity contribution is 5.94. The van der Waals surface area contributed by atoms with Crippen molar-refractivity contribution in [2.45, 2.75) is 59.4 Å². The summed E-state index contributed by atoms with van der Waals surface area (Å²) in [6.07, 6.45) is 0. The first-order chi connectivity index (χ1) is 18.6. The van der Waals surface area contributed by atoms with Gasteiger partial charge in [-0.2, -0.15) is 0 Å². The van der Waals surface area contributed by atoms with Crippen molar-refractivity contribution < 1.29 is 19.1 Å². The van der Waals surface area contributed by atoms with Gasteiger partial charge >= 0.3 is 12.0 Å². The molecule has 0 spiro atoms. The second-order valence-corrected chi connectivity index (χ2v) is 9.68. The number of anilines is 1. The van der Waals surface area contributed by atoms with E-state index in [2.05, 4.69) is 60.5 Å². The van der Waals surface area contributed by atoms with Gasteiger partial charge in [0.25, 0.3) is 5.91 Å². The summed E-state index contributed by atoms with van der Waals surface area (Å²) in [5.74, 6) is 0.166. The van der Waals surface area contributed by atoms with Gasteiger partial charge in [0.15, 0.2) is 0 Å². The second kappa shape index (κ2) is 16.0. The number of esters is 1. The largest absolute Gasteiger partial charge is 0.466 e. The van der Waals surface area contributed by atoms with E-state index >= 15 is 0 Å². The van der Waals surface area contributed by atoms with Crippen molar-refractivity contribution in [2.24, 2.45) is 0 Å². The molecule has 0 heterocycles. The average Bonchev–Trinajstić information content (AvgIpc) is 2.92. The van der Waals surface area contributed by atoms with Gasteiger partial charge in [0.2, 0.25) is 0 Å². The number of hydrogen-bond acceptors (Lipinski definition) is 4. The minimum Gasteiger partial charge on any atom is -0.466 e. The first kappa shape index (κ1) is 31.1. The summed E-state index contributed by atoms with van der Waals surface area (Å²) in [6, 6.07) is 24.2. The predicted octanol–water partition coefficient (Wildman–Crippen LogP) is 6.80. The van der Waals surface area contributed by atoms with Crippen LogP contribution < -0.4 is 16.0 Å². The third kappa shape index (κ3) is 10.3. The molecule has 3 N–H and O–H groups in total. The highest BCUT2D eigenvalue weighted by Crippen LogP contribution is 2.32. The monoisotopic (exact) mass is 531 g/mol. The van der Waals surface area contributed by atoms with Crippen LogP contribution in [0.2, 0.25) is 0 Å². The van der Waals surface area contributed by atoms with Crippen molar-refractivity contribution in [1.29, 1.82) is 0 Å². The Morgan fingerprint density at radius 3 is 1.77 bits per heavy atom. The Morgan fingerprint density at radius 1 is 0.769 bits per heavy atom. The molecule has 1 atom stereocenters. The molecule has 0 bridgehead atoms. The molecule has 0 saturated carbocycles. The molecule has 0 saturated heterocycles. The summed E-state index contributed by atoms with van der Waals surface area (Å²) in [7, 11) is 0. The van der Waals surface area contributed by atoms with Gasteiger partial charge in [-0.15, -0.1) is 0 Å². The molecule has 0 aliphatic carbocycles. The number of carbonyl (C=O) groups excluding carboxylic acids is 3. The molecule has 0 aromatic heterocycles. The van der Waals surface area contributed by atoms with Crippen LogP contribution in [0.5, 0.6) is 0 Å². The van der Waals surface area contributed by atoms with Crippen molar-refractivity contribution >= 4 is 23.6 Å². The lowest BCUT2D eigenvalue weighted by atomic mass is 9.93. The molecule has 208 valence electrons. The zero-order valence-electron chi connectivity index (χ0n) is 23.8. The van der Waals surface area contributed by atoms with Crippen LogP contribution in [0.3, 0.4) is 0 Å². The lowest BCUT2D eigenvalue weighted by Gasteiger charge is -2.22. The molecule has 0 fully saturated rings. The third-order valence-electron chi connectivity index (χ3n) is 5.97. The molecular formula is C32H41N3O4. The summed E-state index contributed by atoms with van der Waals surface area (Å²) < 4.78 is 4.40. The van der Waals surface area contributed by atoms with Gasteiger partial charge in [0, 0.05) is 24.7 Å². The maximum atomic E-state index is 12.9. The SMILES string of the molecule is CC(C)c1cccc(C(C)C)c1NC(=O)NCC(NC(=O)c1ccccc1)c1ccccc1.CCOC(C)=O. The summed E-state index contributed by atoms with van der Waals surface area (Å²) in [4.78, 5) is 35.5. The van der Waals surface area contributed by atoms with Crippen LogP contribution in [0.25, 0.3) is 0 Å². The summed E-state index contributed by atoms with van der Waals surface area (Å²) in [6.45, 7) is 12.4. The van der Waals surface area contributed by atoms with E-state index in [0.717, 1.165) is 22.4 Å². The van der Waals surface area contributed by atoms with Crippen LogP contribution in [0.15, 0.2) is 78.9 Å². The molecule has 7 nitrogen and oxygen atoms in total. The number of para-hydroxylation sites is 1. The lowest BCUT2D eigenvalue weighted by molar-refractivity contribution is -0.140. The topological polar surface area (TPSA) is 96.5 Å². The Morgan fingerprint density at radius 2 is 1.31 bits per heavy atom. The second-order valence-electron chi connectivity index (χ2n) is 9.68. The fourth-order valence-electron chi connectivity index (χ4n) is 4.02. The van der Waals surface area contributed by atoms with Crippen LogP contribution >= 0.6 is 0 Å². The number of ether oxygens (including phenoxy) is 1. The number of hydrogen-bond donors (Lipinski definition) is 3. The number of carbonyl (C=O) groups is 3. The molecular weight excluding hydrogens is 490 g/mol. The normalized spacial score (nSPS) is 11.2. The Balaban J connectivity index is 0.000000798. The molecule has 3 amide bonds. The van der Waals surface area contributed by atoms with E-state index in [0.29, 0.717) is 12.2 Å². The molecule has 0 radical (unpaired) electrons. The number of amides is 3. The number of nitrogens with one attached hydrogen (secondary N) is 3. The lowest BCUT2D eigenvalue weighted by Crippen LogP contribution is -2.39. The minimum atomic E-state index is -0.366. The number of rotatable bonds is 9. The minimum absolute atomic E-state index is 0.182. The molecule has 7 heteroatoms. The zero-order valence-corrected chi connectivity index (χ0v) is 23.8. The Hall–Kier alpha value is -4.13. The van der Waals surface area contributed by atoms with Crippen LogP contribution in [-0.2, 0) is 9.53 Å². The van der Waals surface area contributed by atoms with Gasteiger partial charge in [-0.25, -0.2) is 4.79 Å². The quantitative estimate of drug-likeness (QED) is 0.265. The molecule has 0 aliphatic rings. The standard InChI is InChI=1S/C28H33N3O2.C4H8O2/c1-19(2)23-16-11-17-24(20(3)4)26(23)31-28(33)29-18-25(21-12-7-5-8-13-21)30-27(32)22-14-9-6-10-15-22;1-3-6-4(2)5/h5-17,19-20,25H,18H2,1-4H3,(H,30,32)(H2,29,31,33);3H2,1-2H3. The third-order valence-corrected chi connectivity index (χ3v) is 5.97. The van der Waals surface area contributed by atoms with E-state index in [9.17, 15) is 14.4 Å². The molecule has 3 rings (SSSR count). The van der Waals surface area contributed by atoms with Gasteiger partial charge < -0.3 is 20.7 Å². The van der Waals surface area contributed by atoms with E-state index in [4.69, 9.17) is 0 Å². The molecule has 1 unspecified atom stereocenters. The summed E-state index contributed by atoms with van der Waals surface area (Å²) in [5.41, 5.74) is 4.58. The van der Waals surface area contributed by atoms with Gasteiger partial charge in [0.1, 0.15) is 0 Å². The smallest absolute Gasteiger partial charge is 0.319 e. The van der Waals surface area contributed by atoms with Gasteiger partial charge in [-0.05, 0) is 47.6 Å². The number of benzene rings is 3. The van der Waals surface area contributed by atoms with E-state index in [1.807, 2.05) is 54.6 Å². The highest BCUT2D eigenvalue weighted by atomic mass is 16.5. The van der Waals surface area contributed by atoms with Crippen molar-refractivity contribution in [3.8, 4) is 0 Å². The van der Waals surface area contributed by atoms with Crippen molar-refractivity contribution in [3.05, 3.63) is 101 Å². The molecule has 3 aromatic rings. The maximum Gasteiger partial charge on any atom is 0.319 e. The first-order valence-corrected chi connectivity index (χ1v) is 13.4. The van der Waals surface area contributed by atoms with E-state index in [1.165, 1.54) is 6.92 Å². The molecule has 39 heavy (non-hydrogen) atoms. The Labute approximate surface area is 232 Å². The Kier molecular flexibility index (Phi) is 12.7. The van der Waals surface area contributed by atoms with E-state index in [-0.39, 0.29) is 42.3 Å². The van der Waals surface area contributed by atoms with Gasteiger partial charge in [-0.1, -0.05) is 94.4 Å². The average molecular weight is 532 g/mol. The fourth-order valence-corrected chi connectivity index (χ4v) is 4.02. The summed E-state index contributed by atoms with van der Waals surface area (Å²) >= 11 is 0. The van der Waals surface area contributed by atoms with Crippen molar-refractivity contribution in [2.75, 3.05) is 18.5 Å². The highest BCUT2D eigenvalue weighted by Gasteiger charge is 2.19. The summed E-state index contributed by atoms with van der Waals surface area (Å²) in [5, 5.41) is 9.07. The van der Waals surface area contributed by atoms with E-state index < -0.39 is 0 Å². The maximum absolute atomic E-state index is 12.9. The van der Waals surface area contributed by atoms with Crippen LogP contribution in [0, 0.1) is 0 Å². The van der Waals surface area contributed by atoms with Gasteiger partial charge in [-0.3, -0.25) is 9.59 Å². The Bertz CT molecular complexity index is 1170. The number of urea groups is 1. The van der Waals surface area contributed by atoms with Gasteiger partial charge in [0.05, 0.1) is 12.6 Å². The van der Waals surface area contributed by atoms with E-state index in [1.54, 1.807) is 19.1 Å². The van der Waals surface area contributed by atoms with Crippen molar-refractivity contribution in [3.63, 3.8) is 0 Å². The van der Waals surface area contributed by atoms with Crippen LogP contribution in [0.4, 0.5) is 10.5 Å². The van der Waals surface area contributed by atoms with Crippen LogP contribution in [-0.4, -0.2) is 31.1 Å².